The van der Waals surface area contributed by atoms with Gasteiger partial charge in [0.15, 0.2) is 5.65 Å². The van der Waals surface area contributed by atoms with Crippen LogP contribution in [0.15, 0.2) is 23.3 Å². The molecule has 1 aliphatic rings. The number of hydrogen-bond acceptors (Lipinski definition) is 5. The molecule has 0 aliphatic heterocycles. The highest BCUT2D eigenvalue weighted by atomic mass is 32.1. The molecule has 4 aromatic rings. The van der Waals surface area contributed by atoms with Gasteiger partial charge < -0.3 is 4.98 Å². The second-order valence-corrected chi connectivity index (χ2v) is 8.32. The van der Waals surface area contributed by atoms with Crippen molar-refractivity contribution in [3.8, 4) is 11.4 Å². The fraction of sp³-hybridized carbons (Fsp3) is 0.368. The predicted octanol–water partition coefficient (Wildman–Crippen LogP) is 4.23. The van der Waals surface area contributed by atoms with E-state index in [1.165, 1.54) is 22.4 Å². The van der Waals surface area contributed by atoms with E-state index in [0.29, 0.717) is 16.1 Å². The normalized spacial score (nSPS) is 17.2. The van der Waals surface area contributed by atoms with Gasteiger partial charge in [-0.05, 0) is 36.8 Å². The van der Waals surface area contributed by atoms with Gasteiger partial charge in [0, 0.05) is 11.1 Å². The summed E-state index contributed by atoms with van der Waals surface area (Å²) in [5, 5.41) is 4.43. The van der Waals surface area contributed by atoms with E-state index in [2.05, 4.69) is 27.0 Å². The van der Waals surface area contributed by atoms with Crippen LogP contribution in [0.4, 0.5) is 13.2 Å². The van der Waals surface area contributed by atoms with Gasteiger partial charge in [-0.2, -0.15) is 18.3 Å². The Bertz CT molecular complexity index is 1300. The maximum Gasteiger partial charge on any atom is 0.433 e. The lowest BCUT2D eigenvalue weighted by molar-refractivity contribution is -0.142. The molecule has 6 nitrogen and oxygen atoms in total. The first-order chi connectivity index (χ1) is 13.9. The second kappa shape index (κ2) is 6.38. The third-order valence-electron chi connectivity index (χ3n) is 5.55. The van der Waals surface area contributed by atoms with Gasteiger partial charge in [0.05, 0.1) is 17.1 Å². The molecule has 4 aromatic heterocycles. The smallest absolute Gasteiger partial charge is 0.306 e. The van der Waals surface area contributed by atoms with Crippen LogP contribution >= 0.6 is 11.3 Å². The average molecular weight is 419 g/mol. The van der Waals surface area contributed by atoms with E-state index < -0.39 is 11.9 Å². The summed E-state index contributed by atoms with van der Waals surface area (Å²) in [6.45, 7) is 2.17. The van der Waals surface area contributed by atoms with Gasteiger partial charge in [-0.15, -0.1) is 11.3 Å². The second-order valence-electron chi connectivity index (χ2n) is 7.24. The number of alkyl halides is 3. The monoisotopic (exact) mass is 419 g/mol. The number of aryl methyl sites for hydroxylation is 1. The standard InChI is InChI=1S/C19H16F3N5OS/c1-2-9-3-4-10-12(7-9)29-18-14(10)17(28)25-15(26-18)11-8-24-27-13(19(20,21)22)5-6-23-16(11)27/h5-6,8-9H,2-4,7H2,1H3,(H,25,26,28)/t9-/m0/s1. The van der Waals surface area contributed by atoms with Crippen molar-refractivity contribution in [2.75, 3.05) is 0 Å². The lowest BCUT2D eigenvalue weighted by Crippen LogP contribution is -2.15. The Kier molecular flexibility index (Phi) is 4.02. The molecule has 1 aliphatic carbocycles. The minimum atomic E-state index is -4.57. The number of aromatic nitrogens is 5. The van der Waals surface area contributed by atoms with E-state index in [-0.39, 0.29) is 22.6 Å². The van der Waals surface area contributed by atoms with Crippen molar-refractivity contribution >= 4 is 27.2 Å². The lowest BCUT2D eigenvalue weighted by atomic mass is 9.86. The van der Waals surface area contributed by atoms with Crippen molar-refractivity contribution < 1.29 is 13.2 Å². The SMILES string of the molecule is CC[C@H]1CCc2c(sc3nc(-c4cnn5c(C(F)(F)F)ccnc45)[nH]c(=O)c23)C1. The zero-order valence-corrected chi connectivity index (χ0v) is 16.2. The molecule has 0 saturated carbocycles. The van der Waals surface area contributed by atoms with Crippen molar-refractivity contribution in [3.63, 3.8) is 0 Å². The maximum absolute atomic E-state index is 13.2. The predicted molar refractivity (Wildman–Crippen MR) is 103 cm³/mol. The number of aromatic amines is 1. The quantitative estimate of drug-likeness (QED) is 0.528. The van der Waals surface area contributed by atoms with E-state index in [1.54, 1.807) is 0 Å². The Morgan fingerprint density at radius 3 is 2.97 bits per heavy atom. The summed E-state index contributed by atoms with van der Waals surface area (Å²) >= 11 is 1.50. The molecular formula is C19H16F3N5OS. The number of hydrogen-bond donors (Lipinski definition) is 1. The van der Waals surface area contributed by atoms with Gasteiger partial charge in [0.25, 0.3) is 5.56 Å². The van der Waals surface area contributed by atoms with E-state index in [4.69, 9.17) is 0 Å². The zero-order valence-electron chi connectivity index (χ0n) is 15.4. The summed E-state index contributed by atoms with van der Waals surface area (Å²) in [6, 6.07) is 0.862. The summed E-state index contributed by atoms with van der Waals surface area (Å²) in [5.41, 5.74) is 0.105. The zero-order chi connectivity index (χ0) is 20.3. The molecule has 0 unspecified atom stereocenters. The fourth-order valence-corrected chi connectivity index (χ4v) is 5.34. The number of nitrogens with zero attached hydrogens (tertiary/aromatic N) is 4. The Hall–Kier alpha value is -2.75. The molecule has 4 heterocycles. The van der Waals surface area contributed by atoms with E-state index in [9.17, 15) is 18.0 Å². The van der Waals surface area contributed by atoms with E-state index in [0.717, 1.165) is 48.0 Å². The van der Waals surface area contributed by atoms with Crippen LogP contribution in [0.5, 0.6) is 0 Å². The first-order valence-corrected chi connectivity index (χ1v) is 10.1. The van der Waals surface area contributed by atoms with Gasteiger partial charge in [0.2, 0.25) is 0 Å². The molecule has 1 atom stereocenters. The third kappa shape index (κ3) is 2.85. The molecule has 1 N–H and O–H groups in total. The Morgan fingerprint density at radius 2 is 2.21 bits per heavy atom. The van der Waals surface area contributed by atoms with Crippen LogP contribution in [-0.2, 0) is 19.0 Å². The highest BCUT2D eigenvalue weighted by Crippen LogP contribution is 2.37. The molecule has 0 spiro atoms. The molecule has 0 fully saturated rings. The van der Waals surface area contributed by atoms with E-state index >= 15 is 0 Å². The number of rotatable bonds is 2. The molecular weight excluding hydrogens is 403 g/mol. The molecule has 5 rings (SSSR count). The van der Waals surface area contributed by atoms with Crippen molar-refractivity contribution in [3.05, 3.63) is 44.9 Å². The van der Waals surface area contributed by atoms with Crippen LogP contribution in [0.1, 0.15) is 35.9 Å². The van der Waals surface area contributed by atoms with Gasteiger partial charge in [-0.1, -0.05) is 13.3 Å². The Morgan fingerprint density at radius 1 is 1.38 bits per heavy atom. The van der Waals surface area contributed by atoms with Crippen molar-refractivity contribution in [1.29, 1.82) is 0 Å². The topological polar surface area (TPSA) is 75.9 Å². The molecule has 10 heteroatoms. The molecule has 0 amide bonds. The highest BCUT2D eigenvalue weighted by molar-refractivity contribution is 7.18. The Balaban J connectivity index is 1.68. The molecule has 0 aromatic carbocycles. The fourth-order valence-electron chi connectivity index (χ4n) is 4.00. The first-order valence-electron chi connectivity index (χ1n) is 9.31. The summed E-state index contributed by atoms with van der Waals surface area (Å²) < 4.78 is 40.4. The van der Waals surface area contributed by atoms with Crippen LogP contribution in [0, 0.1) is 5.92 Å². The van der Waals surface area contributed by atoms with Gasteiger partial charge >= 0.3 is 6.18 Å². The molecule has 150 valence electrons. The number of thiophene rings is 1. The number of fused-ring (bicyclic) bond motifs is 4. The third-order valence-corrected chi connectivity index (χ3v) is 6.69. The van der Waals surface area contributed by atoms with Crippen molar-refractivity contribution in [1.82, 2.24) is 24.6 Å². The van der Waals surface area contributed by atoms with Crippen molar-refractivity contribution in [2.24, 2.45) is 5.92 Å². The first kappa shape index (κ1) is 18.3. The van der Waals surface area contributed by atoms with E-state index in [1.807, 2.05) is 0 Å². The van der Waals surface area contributed by atoms with Gasteiger partial charge in [0.1, 0.15) is 16.3 Å². The summed E-state index contributed by atoms with van der Waals surface area (Å²) in [6.07, 6.45) is 1.70. The summed E-state index contributed by atoms with van der Waals surface area (Å²) in [5.74, 6) is 0.786. The van der Waals surface area contributed by atoms with Crippen LogP contribution in [0.2, 0.25) is 0 Å². The summed E-state index contributed by atoms with van der Waals surface area (Å²) in [4.78, 5) is 25.9. The number of nitrogens with one attached hydrogen (secondary N) is 1. The average Bonchev–Trinajstić information content (AvgIpc) is 3.27. The maximum atomic E-state index is 13.2. The lowest BCUT2D eigenvalue weighted by Gasteiger charge is -2.20. The minimum absolute atomic E-state index is 0.00492. The molecule has 29 heavy (non-hydrogen) atoms. The Labute approximate surface area is 166 Å². The highest BCUT2D eigenvalue weighted by Gasteiger charge is 2.35. The summed E-state index contributed by atoms with van der Waals surface area (Å²) in [7, 11) is 0. The largest absolute Gasteiger partial charge is 0.433 e. The van der Waals surface area contributed by atoms with Crippen molar-refractivity contribution in [2.45, 2.75) is 38.8 Å². The van der Waals surface area contributed by atoms with Gasteiger partial charge in [-0.3, -0.25) is 4.79 Å². The van der Waals surface area contributed by atoms with Crippen LogP contribution in [-0.4, -0.2) is 24.6 Å². The molecule has 0 radical (unpaired) electrons. The van der Waals surface area contributed by atoms with Gasteiger partial charge in [-0.25, -0.2) is 14.5 Å². The molecule has 0 bridgehead atoms. The van der Waals surface area contributed by atoms with Crippen LogP contribution < -0.4 is 5.56 Å². The van der Waals surface area contributed by atoms with Crippen LogP contribution in [0.25, 0.3) is 27.3 Å². The van der Waals surface area contributed by atoms with Crippen LogP contribution in [0.3, 0.4) is 0 Å². The molecule has 0 saturated heterocycles. The number of halogens is 3. The number of H-pyrrole nitrogens is 1. The minimum Gasteiger partial charge on any atom is -0.306 e.